The second-order valence-electron chi connectivity index (χ2n) is 4.55. The number of para-hydroxylation sites is 1. The topological polar surface area (TPSA) is 54.1 Å². The summed E-state index contributed by atoms with van der Waals surface area (Å²) in [6, 6.07) is 7.08. The SMILES string of the molecule is COC(=O)NCCCc1c(SC(F)(F)F)[nH]c2ccccc12. The number of methoxy groups -OCH3 is 1. The molecule has 0 aliphatic carbocycles. The molecule has 2 rings (SSSR count). The van der Waals surface area contributed by atoms with E-state index in [4.69, 9.17) is 0 Å². The number of rotatable bonds is 5. The molecule has 2 aromatic rings. The van der Waals surface area contributed by atoms with Crippen molar-refractivity contribution in [2.75, 3.05) is 13.7 Å². The van der Waals surface area contributed by atoms with Gasteiger partial charge < -0.3 is 15.0 Å². The van der Waals surface area contributed by atoms with Gasteiger partial charge in [-0.1, -0.05) is 18.2 Å². The number of alkyl carbamates (subject to hydrolysis) is 1. The lowest BCUT2D eigenvalue weighted by molar-refractivity contribution is -0.0329. The zero-order valence-corrected chi connectivity index (χ0v) is 12.6. The van der Waals surface area contributed by atoms with Crippen molar-refractivity contribution in [2.24, 2.45) is 0 Å². The van der Waals surface area contributed by atoms with E-state index in [1.807, 2.05) is 0 Å². The molecule has 2 N–H and O–H groups in total. The van der Waals surface area contributed by atoms with Gasteiger partial charge in [0, 0.05) is 29.2 Å². The number of aryl methyl sites for hydroxylation is 1. The van der Waals surface area contributed by atoms with Crippen molar-refractivity contribution in [1.29, 1.82) is 0 Å². The van der Waals surface area contributed by atoms with Crippen LogP contribution in [0.1, 0.15) is 12.0 Å². The molecule has 0 atom stereocenters. The van der Waals surface area contributed by atoms with Crippen molar-refractivity contribution >= 4 is 28.8 Å². The van der Waals surface area contributed by atoms with Crippen LogP contribution in [-0.4, -0.2) is 30.2 Å². The molecule has 0 spiro atoms. The van der Waals surface area contributed by atoms with E-state index in [1.54, 1.807) is 24.3 Å². The third-order valence-electron chi connectivity index (χ3n) is 3.05. The van der Waals surface area contributed by atoms with Crippen LogP contribution >= 0.6 is 11.8 Å². The number of nitrogens with one attached hydrogen (secondary N) is 2. The van der Waals surface area contributed by atoms with Crippen LogP contribution in [0.5, 0.6) is 0 Å². The largest absolute Gasteiger partial charge is 0.453 e. The van der Waals surface area contributed by atoms with E-state index in [1.165, 1.54) is 7.11 Å². The van der Waals surface area contributed by atoms with Gasteiger partial charge in [0.05, 0.1) is 12.1 Å². The van der Waals surface area contributed by atoms with E-state index in [2.05, 4.69) is 15.0 Å². The van der Waals surface area contributed by atoms with Gasteiger partial charge in [-0.25, -0.2) is 4.79 Å². The molecule has 0 unspecified atom stereocenters. The summed E-state index contributed by atoms with van der Waals surface area (Å²) in [4.78, 5) is 13.8. The number of fused-ring (bicyclic) bond motifs is 1. The Hall–Kier alpha value is -1.83. The molecule has 0 saturated heterocycles. The number of alkyl halides is 3. The van der Waals surface area contributed by atoms with Crippen LogP contribution in [0.2, 0.25) is 0 Å². The average molecular weight is 332 g/mol. The third-order valence-corrected chi connectivity index (χ3v) is 3.83. The fourth-order valence-electron chi connectivity index (χ4n) is 2.15. The highest BCUT2D eigenvalue weighted by molar-refractivity contribution is 8.00. The van der Waals surface area contributed by atoms with Crippen LogP contribution in [0.25, 0.3) is 10.9 Å². The number of carbonyl (C=O) groups is 1. The van der Waals surface area contributed by atoms with Crippen LogP contribution in [0.4, 0.5) is 18.0 Å². The summed E-state index contributed by atoms with van der Waals surface area (Å²) in [5, 5.41) is 3.38. The second kappa shape index (κ2) is 6.95. The van der Waals surface area contributed by atoms with Gasteiger partial charge in [0.25, 0.3) is 0 Å². The molecule has 0 aliphatic heterocycles. The summed E-state index contributed by atoms with van der Waals surface area (Å²) in [6.07, 6.45) is 0.387. The molecule has 1 amide bonds. The Labute approximate surface area is 129 Å². The van der Waals surface area contributed by atoms with Crippen LogP contribution in [0.3, 0.4) is 0 Å². The lowest BCUT2D eigenvalue weighted by Gasteiger charge is -2.08. The van der Waals surface area contributed by atoms with Gasteiger partial charge in [-0.3, -0.25) is 0 Å². The van der Waals surface area contributed by atoms with Crippen LogP contribution in [0, 0.1) is 0 Å². The molecule has 1 aromatic heterocycles. The van der Waals surface area contributed by atoms with Crippen LogP contribution in [-0.2, 0) is 11.2 Å². The molecule has 8 heteroatoms. The van der Waals surface area contributed by atoms with Gasteiger partial charge in [0.2, 0.25) is 0 Å². The molecule has 0 aliphatic rings. The van der Waals surface area contributed by atoms with Crippen molar-refractivity contribution < 1.29 is 22.7 Å². The number of carbonyl (C=O) groups excluding carboxylic acids is 1. The van der Waals surface area contributed by atoms with Crippen molar-refractivity contribution in [3.8, 4) is 0 Å². The number of benzene rings is 1. The number of amides is 1. The molecule has 1 aromatic carbocycles. The molecule has 22 heavy (non-hydrogen) atoms. The Bertz CT molecular complexity index is 655. The first-order chi connectivity index (χ1) is 10.4. The zero-order chi connectivity index (χ0) is 16.2. The highest BCUT2D eigenvalue weighted by Gasteiger charge is 2.31. The summed E-state index contributed by atoms with van der Waals surface area (Å²) in [7, 11) is 1.26. The number of hydrogen-bond donors (Lipinski definition) is 2. The third kappa shape index (κ3) is 4.33. The minimum absolute atomic E-state index is 0.103. The lowest BCUT2D eigenvalue weighted by atomic mass is 10.1. The smallest absolute Gasteiger partial charge is 0.447 e. The van der Waals surface area contributed by atoms with E-state index >= 15 is 0 Å². The normalized spacial score (nSPS) is 11.6. The second-order valence-corrected chi connectivity index (χ2v) is 5.62. The van der Waals surface area contributed by atoms with E-state index in [0.717, 1.165) is 5.39 Å². The Morgan fingerprint density at radius 2 is 2.09 bits per heavy atom. The highest BCUT2D eigenvalue weighted by atomic mass is 32.2. The number of thioether (sulfide) groups is 1. The Morgan fingerprint density at radius 1 is 1.36 bits per heavy atom. The summed E-state index contributed by atoms with van der Waals surface area (Å²) in [6.45, 7) is 0.336. The molecule has 0 fully saturated rings. The number of ether oxygens (including phenoxy) is 1. The zero-order valence-electron chi connectivity index (χ0n) is 11.8. The molecule has 4 nitrogen and oxygen atoms in total. The lowest BCUT2D eigenvalue weighted by Crippen LogP contribution is -2.24. The quantitative estimate of drug-likeness (QED) is 0.641. The predicted molar refractivity (Wildman–Crippen MR) is 78.9 cm³/mol. The Kier molecular flexibility index (Phi) is 5.23. The van der Waals surface area contributed by atoms with Crippen molar-refractivity contribution in [2.45, 2.75) is 23.4 Å². The van der Waals surface area contributed by atoms with Crippen molar-refractivity contribution in [3.63, 3.8) is 0 Å². The molecule has 120 valence electrons. The van der Waals surface area contributed by atoms with E-state index < -0.39 is 11.6 Å². The maximum Gasteiger partial charge on any atom is 0.447 e. The Balaban J connectivity index is 2.15. The molecule has 1 heterocycles. The number of aromatic amines is 1. The maximum absolute atomic E-state index is 12.7. The van der Waals surface area contributed by atoms with Gasteiger partial charge in [-0.2, -0.15) is 13.2 Å². The molecule has 0 saturated carbocycles. The van der Waals surface area contributed by atoms with Gasteiger partial charge in [0.1, 0.15) is 0 Å². The van der Waals surface area contributed by atoms with Gasteiger partial charge in [-0.15, -0.1) is 0 Å². The number of halogens is 3. The molecule has 0 bridgehead atoms. The van der Waals surface area contributed by atoms with Crippen LogP contribution < -0.4 is 5.32 Å². The maximum atomic E-state index is 12.7. The summed E-state index contributed by atoms with van der Waals surface area (Å²) >= 11 is -0.146. The molecule has 0 radical (unpaired) electrons. The molecular weight excluding hydrogens is 317 g/mol. The van der Waals surface area contributed by atoms with Crippen molar-refractivity contribution in [3.05, 3.63) is 29.8 Å². The highest BCUT2D eigenvalue weighted by Crippen LogP contribution is 2.40. The Morgan fingerprint density at radius 3 is 2.77 bits per heavy atom. The van der Waals surface area contributed by atoms with Gasteiger partial charge >= 0.3 is 11.6 Å². The monoisotopic (exact) mass is 332 g/mol. The molecular formula is C14H15F3N2O2S. The fraction of sp³-hybridized carbons (Fsp3) is 0.357. The summed E-state index contributed by atoms with van der Waals surface area (Å²) in [5.74, 6) is 0. The van der Waals surface area contributed by atoms with E-state index in [-0.39, 0.29) is 16.8 Å². The average Bonchev–Trinajstić information content (AvgIpc) is 2.78. The van der Waals surface area contributed by atoms with Gasteiger partial charge in [0.15, 0.2) is 0 Å². The minimum atomic E-state index is -4.35. The number of aromatic nitrogens is 1. The summed E-state index contributed by atoms with van der Waals surface area (Å²) in [5.41, 5.74) is -3.06. The first-order valence-electron chi connectivity index (χ1n) is 6.58. The first kappa shape index (κ1) is 16.5. The number of hydrogen-bond acceptors (Lipinski definition) is 3. The van der Waals surface area contributed by atoms with Gasteiger partial charge in [-0.05, 0) is 24.5 Å². The number of H-pyrrole nitrogens is 1. The predicted octanol–water partition coefficient (Wildman–Crippen LogP) is 4.07. The van der Waals surface area contributed by atoms with E-state index in [0.29, 0.717) is 30.5 Å². The van der Waals surface area contributed by atoms with E-state index in [9.17, 15) is 18.0 Å². The van der Waals surface area contributed by atoms with Crippen molar-refractivity contribution in [1.82, 2.24) is 10.3 Å². The fourth-order valence-corrected chi connectivity index (χ4v) is 2.88. The first-order valence-corrected chi connectivity index (χ1v) is 7.39. The summed E-state index contributed by atoms with van der Waals surface area (Å²) < 4.78 is 42.4. The standard InChI is InChI=1S/C14H15F3N2O2S/c1-21-13(20)18-8-4-6-10-9-5-2-3-7-11(9)19-12(10)22-14(15,16)17/h2-3,5,7,19H,4,6,8H2,1H3,(H,18,20). The van der Waals surface area contributed by atoms with Crippen LogP contribution in [0.15, 0.2) is 29.3 Å². The minimum Gasteiger partial charge on any atom is -0.453 e.